The van der Waals surface area contributed by atoms with Crippen molar-refractivity contribution in [1.82, 2.24) is 0 Å². The van der Waals surface area contributed by atoms with Crippen LogP contribution in [0.2, 0.25) is 0 Å². The molecule has 2 aromatic carbocycles. The molecule has 22 heavy (non-hydrogen) atoms. The first-order valence-corrected chi connectivity index (χ1v) is 11.2. The molecular formula is C15H15AsF2NO2S. The zero-order valence-corrected chi connectivity index (χ0v) is 14.7. The van der Waals surface area contributed by atoms with Gasteiger partial charge >= 0.3 is 134 Å². The second-order valence-electron chi connectivity index (χ2n) is 5.08. The average molecular weight is 386 g/mol. The molecule has 3 nitrogen and oxygen atoms in total. The zero-order chi connectivity index (χ0) is 16.5. The van der Waals surface area contributed by atoms with E-state index >= 15 is 0 Å². The minimum absolute atomic E-state index is 0.0527. The number of anilines is 1. The summed E-state index contributed by atoms with van der Waals surface area (Å²) < 4.78 is 51.7. The van der Waals surface area contributed by atoms with Crippen LogP contribution in [0, 0.1) is 11.6 Å². The van der Waals surface area contributed by atoms with E-state index in [1.807, 2.05) is 13.8 Å². The summed E-state index contributed by atoms with van der Waals surface area (Å²) in [6, 6.07) is 8.65. The second kappa shape index (κ2) is 6.39. The van der Waals surface area contributed by atoms with Crippen LogP contribution >= 0.6 is 0 Å². The molecule has 0 spiro atoms. The molecule has 0 amide bonds. The number of rotatable bonds is 4. The normalized spacial score (nSPS) is 12.4. The molecular weight excluding hydrogens is 371 g/mol. The monoisotopic (exact) mass is 386 g/mol. The van der Waals surface area contributed by atoms with E-state index in [-0.39, 0.29) is 9.25 Å². The van der Waals surface area contributed by atoms with Gasteiger partial charge in [0.15, 0.2) is 0 Å². The molecule has 0 unspecified atom stereocenters. The Morgan fingerprint density at radius 3 is 2.18 bits per heavy atom. The number of nitrogen functional groups attached to an aromatic ring is 1. The van der Waals surface area contributed by atoms with Crippen molar-refractivity contribution in [2.24, 2.45) is 0 Å². The maximum atomic E-state index is 13.9. The number of halogens is 2. The Morgan fingerprint density at radius 2 is 1.64 bits per heavy atom. The summed E-state index contributed by atoms with van der Waals surface area (Å²) in [5.41, 5.74) is 5.64. The van der Waals surface area contributed by atoms with Gasteiger partial charge in [0, 0.05) is 0 Å². The third kappa shape index (κ3) is 3.50. The van der Waals surface area contributed by atoms with Crippen molar-refractivity contribution in [2.75, 3.05) is 5.73 Å². The van der Waals surface area contributed by atoms with Crippen LogP contribution in [-0.2, 0) is 8.10 Å². The zero-order valence-electron chi connectivity index (χ0n) is 12.0. The van der Waals surface area contributed by atoms with Gasteiger partial charge in [0.25, 0.3) is 0 Å². The molecule has 0 aliphatic carbocycles. The van der Waals surface area contributed by atoms with Gasteiger partial charge in [-0.15, -0.1) is 0 Å². The van der Waals surface area contributed by atoms with E-state index in [2.05, 4.69) is 0 Å². The molecule has 0 aliphatic rings. The molecule has 0 aliphatic heterocycles. The van der Waals surface area contributed by atoms with E-state index in [4.69, 9.17) is 5.73 Å². The van der Waals surface area contributed by atoms with Crippen LogP contribution in [0.15, 0.2) is 41.3 Å². The van der Waals surface area contributed by atoms with Crippen molar-refractivity contribution >= 4 is 32.7 Å². The van der Waals surface area contributed by atoms with Crippen molar-refractivity contribution in [2.45, 2.75) is 24.7 Å². The fourth-order valence-electron chi connectivity index (χ4n) is 1.84. The Balaban J connectivity index is 2.34. The van der Waals surface area contributed by atoms with Gasteiger partial charge in [-0.05, 0) is 0 Å². The molecule has 0 saturated carbocycles. The Bertz CT molecular complexity index is 790. The van der Waals surface area contributed by atoms with Crippen molar-refractivity contribution in [3.63, 3.8) is 0 Å². The van der Waals surface area contributed by atoms with Crippen molar-refractivity contribution in [1.29, 1.82) is 0 Å². The van der Waals surface area contributed by atoms with Gasteiger partial charge in [0.1, 0.15) is 0 Å². The average Bonchev–Trinajstić information content (AvgIpc) is 2.48. The van der Waals surface area contributed by atoms with Crippen molar-refractivity contribution in [3.05, 3.63) is 53.6 Å². The van der Waals surface area contributed by atoms with Crippen LogP contribution in [-0.4, -0.2) is 23.0 Å². The SMILES string of the molecule is CC(C)c1ccc(S(=O)(=O)[As]c2ccc(F)c(N)c2F)cc1. The molecule has 117 valence electrons. The first kappa shape index (κ1) is 17.0. The minimum atomic E-state index is -3.63. The summed E-state index contributed by atoms with van der Waals surface area (Å²) in [4.78, 5) is 0.138. The quantitative estimate of drug-likeness (QED) is 0.649. The molecule has 0 saturated heterocycles. The summed E-state index contributed by atoms with van der Waals surface area (Å²) in [6.45, 7) is 4.01. The number of hydrogen-bond acceptors (Lipinski definition) is 3. The molecule has 0 heterocycles. The summed E-state index contributed by atoms with van der Waals surface area (Å²) in [7, 11) is -3.63. The van der Waals surface area contributed by atoms with Gasteiger partial charge in [0.05, 0.1) is 0 Å². The number of hydrogen-bond donors (Lipinski definition) is 1. The van der Waals surface area contributed by atoms with E-state index in [0.717, 1.165) is 17.7 Å². The maximum absolute atomic E-state index is 13.9. The topological polar surface area (TPSA) is 60.2 Å². The third-order valence-corrected chi connectivity index (χ3v) is 9.28. The summed E-state index contributed by atoms with van der Waals surface area (Å²) in [6.07, 6.45) is 0. The van der Waals surface area contributed by atoms with Gasteiger partial charge in [-0.1, -0.05) is 0 Å². The molecule has 7 heteroatoms. The fraction of sp³-hybridized carbons (Fsp3) is 0.200. The van der Waals surface area contributed by atoms with E-state index in [1.54, 1.807) is 12.1 Å². The summed E-state index contributed by atoms with van der Waals surface area (Å²) in [5, 5.41) is 0. The number of nitrogens with two attached hydrogens (primary N) is 1. The fourth-order valence-corrected chi connectivity index (χ4v) is 7.18. The Labute approximate surface area is 134 Å². The molecule has 0 atom stereocenters. The summed E-state index contributed by atoms with van der Waals surface area (Å²) >= 11 is -1.55. The van der Waals surface area contributed by atoms with Crippen molar-refractivity contribution in [3.8, 4) is 0 Å². The molecule has 0 aromatic heterocycles. The van der Waals surface area contributed by atoms with Crippen molar-refractivity contribution < 1.29 is 17.2 Å². The van der Waals surface area contributed by atoms with Crippen LogP contribution in [0.5, 0.6) is 0 Å². The standard InChI is InChI=1S/C15H15AsF2NO2S/c1-9(2)10-3-5-11(6-4-10)22(20,21)16-12-7-8-13(17)15(19)14(12)18/h3-9H,19H2,1-2H3. The van der Waals surface area contributed by atoms with Crippen LogP contribution < -0.4 is 10.1 Å². The van der Waals surface area contributed by atoms with Gasteiger partial charge in [0.2, 0.25) is 0 Å². The third-order valence-electron chi connectivity index (χ3n) is 3.17. The van der Waals surface area contributed by atoms with Gasteiger partial charge in [-0.3, -0.25) is 0 Å². The molecule has 2 rings (SSSR count). The Kier molecular flexibility index (Phi) is 4.93. The molecule has 2 N–H and O–H groups in total. The van der Waals surface area contributed by atoms with Gasteiger partial charge in [-0.25, -0.2) is 0 Å². The molecule has 0 bridgehead atoms. The number of benzene rings is 2. The van der Waals surface area contributed by atoms with E-state index < -0.39 is 40.0 Å². The second-order valence-corrected chi connectivity index (χ2v) is 11.9. The predicted octanol–water partition coefficient (Wildman–Crippen LogP) is 2.39. The first-order valence-electron chi connectivity index (χ1n) is 6.54. The Morgan fingerprint density at radius 1 is 1.05 bits per heavy atom. The molecule has 2 aromatic rings. The van der Waals surface area contributed by atoms with Crippen LogP contribution in [0.1, 0.15) is 25.3 Å². The van der Waals surface area contributed by atoms with Gasteiger partial charge in [-0.2, -0.15) is 0 Å². The van der Waals surface area contributed by atoms with Crippen LogP contribution in [0.4, 0.5) is 14.5 Å². The van der Waals surface area contributed by atoms with Gasteiger partial charge < -0.3 is 0 Å². The predicted molar refractivity (Wildman–Crippen MR) is 83.9 cm³/mol. The summed E-state index contributed by atoms with van der Waals surface area (Å²) in [5.74, 6) is -1.58. The molecule has 0 fully saturated rings. The molecule has 1 radical (unpaired) electrons. The Hall–Kier alpha value is -1.39. The van der Waals surface area contributed by atoms with Crippen LogP contribution in [0.3, 0.4) is 0 Å². The van der Waals surface area contributed by atoms with Crippen LogP contribution in [0.25, 0.3) is 0 Å². The van der Waals surface area contributed by atoms with E-state index in [9.17, 15) is 17.2 Å². The first-order chi connectivity index (χ1) is 10.2. The van der Waals surface area contributed by atoms with E-state index in [1.165, 1.54) is 12.1 Å². The van der Waals surface area contributed by atoms with E-state index in [0.29, 0.717) is 5.92 Å².